The van der Waals surface area contributed by atoms with Gasteiger partial charge in [-0.1, -0.05) is 12.1 Å². The van der Waals surface area contributed by atoms with Crippen molar-refractivity contribution in [3.05, 3.63) is 23.8 Å². The monoisotopic (exact) mass is 278 g/mol. The Kier molecular flexibility index (Phi) is 4.49. The number of fused-ring (bicyclic) bond motifs is 1. The molecule has 5 heteroatoms. The van der Waals surface area contributed by atoms with Gasteiger partial charge in [-0.3, -0.25) is 4.79 Å². The average Bonchev–Trinajstić information content (AvgIpc) is 2.43. The Morgan fingerprint density at radius 3 is 2.65 bits per heavy atom. The van der Waals surface area contributed by atoms with Gasteiger partial charge >= 0.3 is 0 Å². The number of benzene rings is 1. The summed E-state index contributed by atoms with van der Waals surface area (Å²) >= 11 is 0. The van der Waals surface area contributed by atoms with Crippen molar-refractivity contribution in [2.24, 2.45) is 5.73 Å². The summed E-state index contributed by atoms with van der Waals surface area (Å²) < 4.78 is 11.2. The molecule has 0 saturated carbocycles. The normalized spacial score (nSPS) is 15.1. The largest absolute Gasteiger partial charge is 0.486 e. The van der Waals surface area contributed by atoms with E-state index < -0.39 is 6.04 Å². The van der Waals surface area contributed by atoms with Crippen LogP contribution in [-0.2, 0) is 11.3 Å². The molecule has 0 saturated heterocycles. The maximum Gasteiger partial charge on any atom is 0.239 e. The fraction of sp³-hybridized carbons (Fsp3) is 0.533. The first kappa shape index (κ1) is 14.7. The Labute approximate surface area is 119 Å². The van der Waals surface area contributed by atoms with Crippen LogP contribution in [0.25, 0.3) is 0 Å². The molecule has 1 aliphatic rings. The molecule has 1 aromatic rings. The van der Waals surface area contributed by atoms with Crippen LogP contribution in [0.15, 0.2) is 18.2 Å². The van der Waals surface area contributed by atoms with Gasteiger partial charge in [0.05, 0.1) is 6.04 Å². The van der Waals surface area contributed by atoms with Crippen LogP contribution in [0, 0.1) is 0 Å². The zero-order valence-corrected chi connectivity index (χ0v) is 12.3. The number of carbonyl (C=O) groups is 1. The second-order valence-electron chi connectivity index (χ2n) is 5.29. The minimum atomic E-state index is -0.505. The zero-order valence-electron chi connectivity index (χ0n) is 12.3. The molecule has 0 aliphatic carbocycles. The summed E-state index contributed by atoms with van der Waals surface area (Å²) in [6, 6.07) is 5.32. The predicted octanol–water partition coefficient (Wildman–Crippen LogP) is 1.54. The fourth-order valence-corrected chi connectivity index (χ4v) is 2.22. The van der Waals surface area contributed by atoms with E-state index in [2.05, 4.69) is 0 Å². The third-order valence-corrected chi connectivity index (χ3v) is 3.28. The Morgan fingerprint density at radius 1 is 1.30 bits per heavy atom. The van der Waals surface area contributed by atoms with E-state index >= 15 is 0 Å². The molecule has 0 radical (unpaired) electrons. The molecular formula is C15H22N2O3. The third-order valence-electron chi connectivity index (χ3n) is 3.28. The maximum absolute atomic E-state index is 12.2. The molecule has 20 heavy (non-hydrogen) atoms. The lowest BCUT2D eigenvalue weighted by atomic mass is 10.1. The Balaban J connectivity index is 2.25. The smallest absolute Gasteiger partial charge is 0.239 e. The summed E-state index contributed by atoms with van der Waals surface area (Å²) in [6.07, 6.45) is 0. The van der Waals surface area contributed by atoms with Gasteiger partial charge in [0, 0.05) is 18.2 Å². The summed E-state index contributed by atoms with van der Waals surface area (Å²) in [5.74, 6) is 1.42. The number of para-hydroxylation sites is 1. The van der Waals surface area contributed by atoms with Crippen molar-refractivity contribution in [2.45, 2.75) is 39.4 Å². The summed E-state index contributed by atoms with van der Waals surface area (Å²) in [4.78, 5) is 13.9. The molecule has 0 bridgehead atoms. The van der Waals surface area contributed by atoms with Gasteiger partial charge < -0.3 is 20.1 Å². The van der Waals surface area contributed by atoms with Crippen molar-refractivity contribution in [1.29, 1.82) is 0 Å². The predicted molar refractivity (Wildman–Crippen MR) is 76.8 cm³/mol. The van der Waals surface area contributed by atoms with Gasteiger partial charge in [-0.25, -0.2) is 0 Å². The van der Waals surface area contributed by atoms with Gasteiger partial charge in [0.25, 0.3) is 0 Å². The number of hydrogen-bond acceptors (Lipinski definition) is 4. The van der Waals surface area contributed by atoms with Crippen LogP contribution in [-0.4, -0.2) is 36.1 Å². The molecule has 0 fully saturated rings. The number of ether oxygens (including phenoxy) is 2. The molecule has 110 valence electrons. The first-order valence-electron chi connectivity index (χ1n) is 6.94. The molecule has 1 heterocycles. The summed E-state index contributed by atoms with van der Waals surface area (Å²) in [6.45, 7) is 7.23. The molecule has 1 aromatic carbocycles. The van der Waals surface area contributed by atoms with E-state index in [1.165, 1.54) is 0 Å². The van der Waals surface area contributed by atoms with Gasteiger partial charge in [-0.15, -0.1) is 0 Å². The molecule has 0 spiro atoms. The number of carbonyl (C=O) groups excluding carboxylic acids is 1. The molecule has 1 aliphatic heterocycles. The SMILES string of the molecule is CC(N)C(=O)N(Cc1cccc2c1OCCO2)C(C)C. The lowest BCUT2D eigenvalue weighted by molar-refractivity contribution is -0.134. The van der Waals surface area contributed by atoms with Crippen LogP contribution in [0.1, 0.15) is 26.3 Å². The quantitative estimate of drug-likeness (QED) is 0.907. The van der Waals surface area contributed by atoms with E-state index in [0.29, 0.717) is 19.8 Å². The van der Waals surface area contributed by atoms with Gasteiger partial charge in [0.2, 0.25) is 5.91 Å². The van der Waals surface area contributed by atoms with Gasteiger partial charge in [0.15, 0.2) is 11.5 Å². The fourth-order valence-electron chi connectivity index (χ4n) is 2.22. The molecule has 0 aromatic heterocycles. The highest BCUT2D eigenvalue weighted by Crippen LogP contribution is 2.34. The zero-order chi connectivity index (χ0) is 14.7. The van der Waals surface area contributed by atoms with Crippen molar-refractivity contribution in [1.82, 2.24) is 4.90 Å². The van der Waals surface area contributed by atoms with Gasteiger partial charge in [-0.05, 0) is 26.8 Å². The van der Waals surface area contributed by atoms with Crippen molar-refractivity contribution in [2.75, 3.05) is 13.2 Å². The summed E-state index contributed by atoms with van der Waals surface area (Å²) in [7, 11) is 0. The Morgan fingerprint density at radius 2 is 2.00 bits per heavy atom. The van der Waals surface area contributed by atoms with E-state index in [0.717, 1.165) is 17.1 Å². The maximum atomic E-state index is 12.2. The number of nitrogens with two attached hydrogens (primary N) is 1. The van der Waals surface area contributed by atoms with E-state index in [1.807, 2.05) is 32.0 Å². The van der Waals surface area contributed by atoms with E-state index in [-0.39, 0.29) is 11.9 Å². The number of hydrogen-bond donors (Lipinski definition) is 1. The molecule has 1 amide bonds. The first-order valence-corrected chi connectivity index (χ1v) is 6.94. The minimum Gasteiger partial charge on any atom is -0.486 e. The summed E-state index contributed by atoms with van der Waals surface area (Å²) in [5, 5.41) is 0. The van der Waals surface area contributed by atoms with Gasteiger partial charge in [-0.2, -0.15) is 0 Å². The van der Waals surface area contributed by atoms with E-state index in [4.69, 9.17) is 15.2 Å². The topological polar surface area (TPSA) is 64.8 Å². The molecule has 2 N–H and O–H groups in total. The van der Waals surface area contributed by atoms with Crippen molar-refractivity contribution in [3.63, 3.8) is 0 Å². The molecule has 5 nitrogen and oxygen atoms in total. The Bertz CT molecular complexity index is 486. The lowest BCUT2D eigenvalue weighted by Gasteiger charge is -2.30. The van der Waals surface area contributed by atoms with Crippen LogP contribution in [0.2, 0.25) is 0 Å². The first-order chi connectivity index (χ1) is 9.50. The summed E-state index contributed by atoms with van der Waals surface area (Å²) in [5.41, 5.74) is 6.67. The van der Waals surface area contributed by atoms with E-state index in [1.54, 1.807) is 11.8 Å². The van der Waals surface area contributed by atoms with Crippen LogP contribution < -0.4 is 15.2 Å². The second-order valence-corrected chi connectivity index (χ2v) is 5.29. The lowest BCUT2D eigenvalue weighted by Crippen LogP contribution is -2.45. The van der Waals surface area contributed by atoms with Gasteiger partial charge in [0.1, 0.15) is 13.2 Å². The molecule has 2 rings (SSSR count). The van der Waals surface area contributed by atoms with Crippen molar-refractivity contribution >= 4 is 5.91 Å². The highest BCUT2D eigenvalue weighted by Gasteiger charge is 2.23. The molecule has 1 unspecified atom stereocenters. The van der Waals surface area contributed by atoms with Crippen LogP contribution in [0.3, 0.4) is 0 Å². The van der Waals surface area contributed by atoms with Crippen LogP contribution >= 0.6 is 0 Å². The minimum absolute atomic E-state index is 0.0608. The van der Waals surface area contributed by atoms with Crippen LogP contribution in [0.4, 0.5) is 0 Å². The third kappa shape index (κ3) is 3.04. The Hall–Kier alpha value is -1.75. The number of rotatable bonds is 4. The average molecular weight is 278 g/mol. The number of nitrogens with zero attached hydrogens (tertiary/aromatic N) is 1. The number of amides is 1. The van der Waals surface area contributed by atoms with Crippen molar-refractivity contribution < 1.29 is 14.3 Å². The standard InChI is InChI=1S/C15H22N2O3/c1-10(2)17(15(18)11(3)16)9-12-5-4-6-13-14(12)20-8-7-19-13/h4-6,10-11H,7-9,16H2,1-3H3. The van der Waals surface area contributed by atoms with Crippen LogP contribution in [0.5, 0.6) is 11.5 Å². The second kappa shape index (κ2) is 6.13. The van der Waals surface area contributed by atoms with Crippen molar-refractivity contribution in [3.8, 4) is 11.5 Å². The highest BCUT2D eigenvalue weighted by atomic mass is 16.6. The highest BCUT2D eigenvalue weighted by molar-refractivity contribution is 5.81. The molecule has 1 atom stereocenters. The molecular weight excluding hydrogens is 256 g/mol. The van der Waals surface area contributed by atoms with E-state index in [9.17, 15) is 4.79 Å².